The molecule has 9 unspecified atom stereocenters. The molecule has 2 aromatic carbocycles. The first kappa shape index (κ1) is 29.2. The molecule has 222 valence electrons. The molecule has 3 heterocycles. The van der Waals surface area contributed by atoms with Gasteiger partial charge in [-0.05, 0) is 24.3 Å². The van der Waals surface area contributed by atoms with Crippen LogP contribution >= 0.6 is 0 Å². The number of fused-ring (bicyclic) bond motifs is 1. The van der Waals surface area contributed by atoms with E-state index >= 15 is 0 Å². The lowest BCUT2D eigenvalue weighted by Gasteiger charge is -2.41. The number of phenolic OH excluding ortho intramolecular Hbond substituents is 2. The van der Waals surface area contributed by atoms with E-state index in [0.717, 1.165) is 6.07 Å². The minimum absolute atomic E-state index is 0.0324. The van der Waals surface area contributed by atoms with E-state index in [4.69, 9.17) is 18.6 Å². The molecule has 41 heavy (non-hydrogen) atoms. The Morgan fingerprint density at radius 2 is 1.51 bits per heavy atom. The molecule has 5 rings (SSSR count). The maximum atomic E-state index is 13.5. The quantitative estimate of drug-likeness (QED) is 0.168. The SMILES string of the molecule is COc1ccc(-c2cc(=O)c3c(O)c(C4OCC(O)C(O)C4O)c(O)c(C4OC(CO)C(O)C(O)C4O)c3o2)cc1. The largest absolute Gasteiger partial charge is 0.507 e. The van der Waals surface area contributed by atoms with Gasteiger partial charge >= 0.3 is 0 Å². The molecule has 0 amide bonds. The van der Waals surface area contributed by atoms with Crippen molar-refractivity contribution in [2.75, 3.05) is 20.3 Å². The van der Waals surface area contributed by atoms with Crippen LogP contribution in [0.2, 0.25) is 0 Å². The van der Waals surface area contributed by atoms with Gasteiger partial charge in [-0.15, -0.1) is 0 Å². The van der Waals surface area contributed by atoms with Crippen molar-refractivity contribution in [1.82, 2.24) is 0 Å². The molecule has 0 aliphatic carbocycles. The van der Waals surface area contributed by atoms with Crippen LogP contribution in [0, 0.1) is 0 Å². The van der Waals surface area contributed by atoms with E-state index in [-0.39, 0.29) is 5.76 Å². The summed E-state index contributed by atoms with van der Waals surface area (Å²) in [6.45, 7) is -1.32. The van der Waals surface area contributed by atoms with Gasteiger partial charge in [-0.3, -0.25) is 4.79 Å². The monoisotopic (exact) mass is 578 g/mol. The Kier molecular flexibility index (Phi) is 7.95. The molecule has 14 heteroatoms. The maximum absolute atomic E-state index is 13.5. The van der Waals surface area contributed by atoms with E-state index < -0.39 is 107 Å². The highest BCUT2D eigenvalue weighted by Gasteiger charge is 2.48. The summed E-state index contributed by atoms with van der Waals surface area (Å²) in [5, 5.41) is 94.3. The number of aromatic hydroxyl groups is 2. The topological polar surface area (TPSA) is 240 Å². The highest BCUT2D eigenvalue weighted by Crippen LogP contribution is 2.50. The Bertz CT molecular complexity index is 1470. The van der Waals surface area contributed by atoms with E-state index in [0.29, 0.717) is 11.3 Å². The fourth-order valence-corrected chi connectivity index (χ4v) is 5.24. The van der Waals surface area contributed by atoms with Crippen molar-refractivity contribution >= 4 is 11.0 Å². The molecule has 0 spiro atoms. The number of rotatable bonds is 5. The zero-order chi connectivity index (χ0) is 29.7. The zero-order valence-electron chi connectivity index (χ0n) is 21.6. The Labute approximate surface area is 231 Å². The highest BCUT2D eigenvalue weighted by molar-refractivity contribution is 5.92. The molecule has 0 radical (unpaired) electrons. The molecular formula is C27H30O14. The Morgan fingerprint density at radius 3 is 2.15 bits per heavy atom. The summed E-state index contributed by atoms with van der Waals surface area (Å²) in [5.74, 6) is -1.30. The summed E-state index contributed by atoms with van der Waals surface area (Å²) in [5.41, 5.74) is -1.98. The van der Waals surface area contributed by atoms with Crippen LogP contribution < -0.4 is 10.2 Å². The molecule has 14 nitrogen and oxygen atoms in total. The van der Waals surface area contributed by atoms with Crippen molar-refractivity contribution in [3.63, 3.8) is 0 Å². The second-order valence-corrected chi connectivity index (χ2v) is 9.98. The molecule has 0 saturated carbocycles. The third-order valence-corrected chi connectivity index (χ3v) is 7.53. The van der Waals surface area contributed by atoms with Crippen molar-refractivity contribution in [2.24, 2.45) is 0 Å². The summed E-state index contributed by atoms with van der Waals surface area (Å²) in [6, 6.07) is 7.39. The van der Waals surface area contributed by atoms with Gasteiger partial charge in [0.05, 0.1) is 31.5 Å². The molecule has 2 aliphatic rings. The van der Waals surface area contributed by atoms with Crippen LogP contribution in [-0.2, 0) is 9.47 Å². The molecule has 3 aromatic rings. The number of benzene rings is 2. The second-order valence-electron chi connectivity index (χ2n) is 9.98. The summed E-state index contributed by atoms with van der Waals surface area (Å²) < 4.78 is 22.2. The van der Waals surface area contributed by atoms with Gasteiger partial charge in [0.2, 0.25) is 0 Å². The molecule has 2 saturated heterocycles. The standard InChI is InChI=1S/C27H30O14/c1-38-10-4-2-9(3-5-10)13-6-11(29)15-20(33)16(26-23(36)18(31)12(30)8-39-26)21(34)17(25(15)40-13)27-24(37)22(35)19(32)14(7-28)41-27/h2-6,12,14,18-19,22-24,26-28,30-37H,7-8H2,1H3. The first-order chi connectivity index (χ1) is 19.5. The second kappa shape index (κ2) is 11.2. The number of aliphatic hydroxyl groups is 7. The average molecular weight is 579 g/mol. The number of aliphatic hydroxyl groups excluding tert-OH is 7. The predicted molar refractivity (Wildman–Crippen MR) is 137 cm³/mol. The molecule has 2 fully saturated rings. The van der Waals surface area contributed by atoms with Gasteiger partial charge in [-0.1, -0.05) is 0 Å². The van der Waals surface area contributed by atoms with Gasteiger partial charge in [-0.2, -0.15) is 0 Å². The molecular weight excluding hydrogens is 548 g/mol. The first-order valence-electron chi connectivity index (χ1n) is 12.7. The lowest BCUT2D eigenvalue weighted by molar-refractivity contribution is -0.231. The fraction of sp³-hybridized carbons (Fsp3) is 0.444. The van der Waals surface area contributed by atoms with E-state index in [1.807, 2.05) is 0 Å². The molecule has 9 atom stereocenters. The van der Waals surface area contributed by atoms with Crippen LogP contribution in [-0.4, -0.2) is 109 Å². The van der Waals surface area contributed by atoms with Crippen molar-refractivity contribution in [3.05, 3.63) is 51.7 Å². The molecule has 0 bridgehead atoms. The van der Waals surface area contributed by atoms with E-state index in [1.54, 1.807) is 24.3 Å². The number of hydrogen-bond acceptors (Lipinski definition) is 14. The van der Waals surface area contributed by atoms with Gasteiger partial charge in [0.25, 0.3) is 0 Å². The fourth-order valence-electron chi connectivity index (χ4n) is 5.24. The van der Waals surface area contributed by atoms with Crippen molar-refractivity contribution in [3.8, 4) is 28.6 Å². The number of hydrogen-bond donors (Lipinski definition) is 9. The van der Waals surface area contributed by atoms with Crippen molar-refractivity contribution in [1.29, 1.82) is 0 Å². The van der Waals surface area contributed by atoms with Crippen LogP contribution in [0.4, 0.5) is 0 Å². The Balaban J connectivity index is 1.80. The highest BCUT2D eigenvalue weighted by atomic mass is 16.5. The lowest BCUT2D eigenvalue weighted by atomic mass is 9.85. The van der Waals surface area contributed by atoms with E-state index in [2.05, 4.69) is 0 Å². The zero-order valence-corrected chi connectivity index (χ0v) is 21.6. The summed E-state index contributed by atoms with van der Waals surface area (Å²) in [4.78, 5) is 13.5. The molecule has 2 aliphatic heterocycles. The normalized spacial score (nSPS) is 32.2. The smallest absolute Gasteiger partial charge is 0.197 e. The van der Waals surface area contributed by atoms with Gasteiger partial charge in [0, 0.05) is 11.6 Å². The summed E-state index contributed by atoms with van der Waals surface area (Å²) in [7, 11) is 1.47. The molecule has 9 N–H and O–H groups in total. The average Bonchev–Trinajstić information content (AvgIpc) is 2.96. The van der Waals surface area contributed by atoms with E-state index in [9.17, 15) is 50.8 Å². The number of ether oxygens (including phenoxy) is 3. The van der Waals surface area contributed by atoms with E-state index in [1.165, 1.54) is 7.11 Å². The first-order valence-corrected chi connectivity index (χ1v) is 12.7. The molecule has 1 aromatic heterocycles. The maximum Gasteiger partial charge on any atom is 0.197 e. The van der Waals surface area contributed by atoms with Crippen LogP contribution in [0.1, 0.15) is 23.3 Å². The summed E-state index contributed by atoms with van der Waals surface area (Å²) in [6.07, 6.45) is -15.6. The lowest BCUT2D eigenvalue weighted by Crippen LogP contribution is -2.55. The van der Waals surface area contributed by atoms with Crippen molar-refractivity contribution in [2.45, 2.75) is 54.9 Å². The third-order valence-electron chi connectivity index (χ3n) is 7.53. The van der Waals surface area contributed by atoms with Gasteiger partial charge in [-0.25, -0.2) is 0 Å². The Hall–Kier alpha value is -3.31. The minimum atomic E-state index is -1.95. The van der Waals surface area contributed by atoms with Crippen molar-refractivity contribution < 1.29 is 64.6 Å². The summed E-state index contributed by atoms with van der Waals surface area (Å²) >= 11 is 0. The van der Waals surface area contributed by atoms with Gasteiger partial charge < -0.3 is 64.6 Å². The minimum Gasteiger partial charge on any atom is -0.507 e. The van der Waals surface area contributed by atoms with Gasteiger partial charge in [0.15, 0.2) is 11.0 Å². The van der Waals surface area contributed by atoms with Crippen LogP contribution in [0.3, 0.4) is 0 Å². The number of phenols is 2. The van der Waals surface area contributed by atoms with Gasteiger partial charge in [0.1, 0.15) is 83.3 Å². The number of methoxy groups -OCH3 is 1. The Morgan fingerprint density at radius 1 is 0.854 bits per heavy atom. The predicted octanol–water partition coefficient (Wildman–Crippen LogP) is -1.45. The van der Waals surface area contributed by atoms with Crippen LogP contribution in [0.15, 0.2) is 39.5 Å². The van der Waals surface area contributed by atoms with Crippen LogP contribution in [0.5, 0.6) is 17.2 Å². The third kappa shape index (κ3) is 4.82. The van der Waals surface area contributed by atoms with Crippen LogP contribution in [0.25, 0.3) is 22.3 Å².